The molecule has 0 rings (SSSR count). The normalized spacial score (nSPS) is 12.4. The molecule has 1 nitrogen and oxygen atoms in total. The fourth-order valence-corrected chi connectivity index (χ4v) is 6.17. The maximum absolute atomic E-state index is 12.2. The van der Waals surface area contributed by atoms with Crippen LogP contribution < -0.4 is 0 Å². The lowest BCUT2D eigenvalue weighted by Crippen LogP contribution is -2.05. The van der Waals surface area contributed by atoms with Gasteiger partial charge in [-0.05, 0) is 117 Å². The Morgan fingerprint density at radius 3 is 1.40 bits per heavy atom. The zero-order valence-electron chi connectivity index (χ0n) is 35.2. The lowest BCUT2D eigenvalue weighted by molar-refractivity contribution is -0.120. The van der Waals surface area contributed by atoms with Crippen molar-refractivity contribution >= 4 is 5.78 Å². The quantitative estimate of drug-likeness (QED) is 0.0549. The van der Waals surface area contributed by atoms with Crippen molar-refractivity contribution < 1.29 is 4.79 Å². The fraction of sp³-hybridized carbons (Fsp3) is 0.809. The van der Waals surface area contributed by atoms with Crippen molar-refractivity contribution in [2.45, 2.75) is 230 Å². The number of hydrogen-bond acceptors (Lipinski definition) is 1. The Bertz CT molecular complexity index is 732. The molecule has 0 N–H and O–H groups in total. The molecule has 0 fully saturated rings. The lowest BCUT2D eigenvalue weighted by atomic mass is 9.93. The van der Waals surface area contributed by atoms with E-state index in [9.17, 15) is 4.79 Å². The summed E-state index contributed by atoms with van der Waals surface area (Å²) in [5.74, 6) is 2.65. The van der Waals surface area contributed by atoms with E-state index < -0.39 is 0 Å². The van der Waals surface area contributed by atoms with Crippen molar-refractivity contribution in [2.24, 2.45) is 17.8 Å². The Morgan fingerprint density at radius 2 is 0.938 bits per heavy atom. The molecule has 0 aliphatic rings. The smallest absolute Gasteiger partial charge is 0.133 e. The van der Waals surface area contributed by atoms with Gasteiger partial charge in [0.2, 0.25) is 0 Å². The monoisotopic (exact) mass is 671 g/mol. The Balaban J connectivity index is -0.00000175. The number of Topliss-reactive ketones (excluding diaryl/α,β-unsaturated/α-hetero) is 1. The van der Waals surface area contributed by atoms with Crippen LogP contribution in [0.3, 0.4) is 0 Å². The minimum Gasteiger partial charge on any atom is -0.300 e. The van der Waals surface area contributed by atoms with Gasteiger partial charge in [-0.15, -0.1) is 6.58 Å². The highest BCUT2D eigenvalue weighted by Gasteiger charge is 2.09. The van der Waals surface area contributed by atoms with E-state index in [1.54, 1.807) is 0 Å². The van der Waals surface area contributed by atoms with Gasteiger partial charge >= 0.3 is 0 Å². The molecule has 3 unspecified atom stereocenters. The van der Waals surface area contributed by atoms with Gasteiger partial charge in [0.05, 0.1) is 0 Å². The molecule has 0 heterocycles. The average Bonchev–Trinajstić information content (AvgIpc) is 3.01. The zero-order chi connectivity index (χ0) is 37.0. The van der Waals surface area contributed by atoms with Crippen LogP contribution in [0.5, 0.6) is 0 Å². The van der Waals surface area contributed by atoms with Gasteiger partial charge in [0.15, 0.2) is 0 Å². The summed E-state index contributed by atoms with van der Waals surface area (Å²) < 4.78 is 0. The van der Waals surface area contributed by atoms with Gasteiger partial charge in [-0.25, -0.2) is 0 Å². The number of unbranched alkanes of at least 4 members (excludes halogenated alkanes) is 10. The lowest BCUT2D eigenvalue weighted by Gasteiger charge is -2.13. The predicted molar refractivity (Wildman–Crippen MR) is 223 cm³/mol. The Morgan fingerprint density at radius 1 is 0.521 bits per heavy atom. The predicted octanol–water partition coefficient (Wildman–Crippen LogP) is 16.9. The number of carbonyl (C=O) groups is 1. The first-order chi connectivity index (χ1) is 22.9. The van der Waals surface area contributed by atoms with Crippen LogP contribution in [0.2, 0.25) is 0 Å². The molecule has 0 aromatic carbocycles. The van der Waals surface area contributed by atoms with E-state index >= 15 is 0 Å². The summed E-state index contributed by atoms with van der Waals surface area (Å²) in [7, 11) is 0. The molecule has 0 saturated heterocycles. The minimum atomic E-state index is 0.480. The highest BCUT2D eigenvalue weighted by molar-refractivity contribution is 5.78. The first-order valence-electron chi connectivity index (χ1n) is 21.0. The van der Waals surface area contributed by atoms with Crippen molar-refractivity contribution in [3.05, 3.63) is 47.6 Å². The molecule has 0 saturated carbocycles. The largest absolute Gasteiger partial charge is 0.300 e. The summed E-state index contributed by atoms with van der Waals surface area (Å²) in [6.07, 6.45) is 34.7. The third-order valence-corrected chi connectivity index (χ3v) is 9.22. The standard InChI is InChI=1S/C37H68O.C8H16.C2H6/c1-31(2)21-19-26-35(7)29-34(6)25-17-13-9-11-15-23-33(5)24-16-12-10-14-18-28-37(38)30-36(8)27-20-22-32(3)4;1-4-5-6-7-8(2)3;1-2/h21-22,33,35-36H,6,9-20,23-30H2,1-5,7-8H3;2,4-7H2,1,3H3;1-2H3. The van der Waals surface area contributed by atoms with E-state index in [0.717, 1.165) is 43.9 Å². The second-order valence-electron chi connectivity index (χ2n) is 15.8. The van der Waals surface area contributed by atoms with Gasteiger partial charge in [-0.3, -0.25) is 4.79 Å². The molecule has 0 aliphatic carbocycles. The maximum Gasteiger partial charge on any atom is 0.133 e. The van der Waals surface area contributed by atoms with Crippen molar-refractivity contribution in [1.29, 1.82) is 0 Å². The summed E-state index contributed by atoms with van der Waals surface area (Å²) in [5, 5.41) is 0. The van der Waals surface area contributed by atoms with E-state index in [-0.39, 0.29) is 0 Å². The van der Waals surface area contributed by atoms with Crippen LogP contribution in [-0.4, -0.2) is 5.78 Å². The summed E-state index contributed by atoms with van der Waals surface area (Å²) in [6, 6.07) is 0. The van der Waals surface area contributed by atoms with Crippen LogP contribution >= 0.6 is 0 Å². The van der Waals surface area contributed by atoms with Gasteiger partial charge in [0.1, 0.15) is 5.78 Å². The second kappa shape index (κ2) is 38.4. The molecule has 0 bridgehead atoms. The number of allylic oxidation sites excluding steroid dienone is 6. The second-order valence-corrected chi connectivity index (χ2v) is 15.8. The van der Waals surface area contributed by atoms with E-state index in [1.165, 1.54) is 144 Å². The molecule has 1 heteroatoms. The molecule has 0 amide bonds. The molecular formula is C47H90O. The average molecular weight is 671 g/mol. The van der Waals surface area contributed by atoms with E-state index in [2.05, 4.69) is 87.6 Å². The first kappa shape index (κ1) is 51.0. The highest BCUT2D eigenvalue weighted by Crippen LogP contribution is 2.22. The van der Waals surface area contributed by atoms with Gasteiger partial charge in [0.25, 0.3) is 0 Å². The Labute approximate surface area is 305 Å². The van der Waals surface area contributed by atoms with Crippen molar-refractivity contribution in [2.75, 3.05) is 0 Å². The molecule has 0 aromatic heterocycles. The molecule has 284 valence electrons. The molecule has 0 aromatic rings. The van der Waals surface area contributed by atoms with Crippen LogP contribution in [0.1, 0.15) is 230 Å². The number of ketones is 1. The van der Waals surface area contributed by atoms with Gasteiger partial charge in [0, 0.05) is 12.8 Å². The van der Waals surface area contributed by atoms with Crippen molar-refractivity contribution in [3.8, 4) is 0 Å². The van der Waals surface area contributed by atoms with E-state index in [0.29, 0.717) is 11.7 Å². The highest BCUT2D eigenvalue weighted by atomic mass is 16.1. The third kappa shape index (κ3) is 44.6. The minimum absolute atomic E-state index is 0.480. The van der Waals surface area contributed by atoms with Gasteiger partial charge in [-0.1, -0.05) is 160 Å². The summed E-state index contributed by atoms with van der Waals surface area (Å²) in [6.45, 7) is 32.2. The fourth-order valence-electron chi connectivity index (χ4n) is 6.17. The number of hydrogen-bond donors (Lipinski definition) is 0. The maximum atomic E-state index is 12.2. The Hall–Kier alpha value is -1.37. The molecule has 0 spiro atoms. The third-order valence-electron chi connectivity index (χ3n) is 9.22. The van der Waals surface area contributed by atoms with Crippen LogP contribution in [-0.2, 0) is 4.79 Å². The molecule has 3 atom stereocenters. The molecular weight excluding hydrogens is 581 g/mol. The number of carbonyl (C=O) groups excluding carboxylic acids is 1. The summed E-state index contributed by atoms with van der Waals surface area (Å²) in [4.78, 5) is 12.2. The van der Waals surface area contributed by atoms with Crippen LogP contribution in [0.25, 0.3) is 0 Å². The first-order valence-corrected chi connectivity index (χ1v) is 21.0. The summed E-state index contributed by atoms with van der Waals surface area (Å²) in [5.41, 5.74) is 5.61. The van der Waals surface area contributed by atoms with E-state index in [1.807, 2.05) is 13.8 Å². The molecule has 48 heavy (non-hydrogen) atoms. The van der Waals surface area contributed by atoms with Gasteiger partial charge < -0.3 is 0 Å². The molecule has 0 aliphatic heterocycles. The van der Waals surface area contributed by atoms with Gasteiger partial charge in [-0.2, -0.15) is 0 Å². The van der Waals surface area contributed by atoms with E-state index in [4.69, 9.17) is 0 Å². The van der Waals surface area contributed by atoms with Crippen molar-refractivity contribution in [3.63, 3.8) is 0 Å². The number of rotatable bonds is 30. The summed E-state index contributed by atoms with van der Waals surface area (Å²) >= 11 is 0. The zero-order valence-corrected chi connectivity index (χ0v) is 35.2. The van der Waals surface area contributed by atoms with Crippen molar-refractivity contribution in [1.82, 2.24) is 0 Å². The topological polar surface area (TPSA) is 17.1 Å². The van der Waals surface area contributed by atoms with Crippen LogP contribution in [0.15, 0.2) is 47.6 Å². The molecule has 0 radical (unpaired) electrons. The SMILES string of the molecule is C=C(C)CCCCC.C=C(CCCCCCCC(C)CCCCCCCC(=O)CC(C)CCC=C(C)C)CC(C)CCC=C(C)C.CC. The van der Waals surface area contributed by atoms with Crippen LogP contribution in [0, 0.1) is 17.8 Å². The van der Waals surface area contributed by atoms with Crippen LogP contribution in [0.4, 0.5) is 0 Å². The Kier molecular flexibility index (Phi) is 40.8.